The van der Waals surface area contributed by atoms with E-state index in [1.54, 1.807) is 7.11 Å². The molecule has 0 aliphatic rings. The summed E-state index contributed by atoms with van der Waals surface area (Å²) in [7, 11) is 1.60. The fourth-order valence-electron chi connectivity index (χ4n) is 1.30. The molecule has 94 valence electrons. The van der Waals surface area contributed by atoms with Crippen LogP contribution in [0.5, 0.6) is 5.75 Å². The van der Waals surface area contributed by atoms with E-state index >= 15 is 0 Å². The summed E-state index contributed by atoms with van der Waals surface area (Å²) in [6.45, 7) is 0. The van der Waals surface area contributed by atoms with Gasteiger partial charge in [0.25, 0.3) is 0 Å². The molecule has 18 heavy (non-hydrogen) atoms. The quantitative estimate of drug-likeness (QED) is 0.875. The van der Waals surface area contributed by atoms with E-state index in [4.69, 9.17) is 16.3 Å². The number of anilines is 1. The molecule has 0 atom stereocenters. The molecule has 7 heteroatoms. The smallest absolute Gasteiger partial charge is 0.241 e. The summed E-state index contributed by atoms with van der Waals surface area (Å²) < 4.78 is 5.13. The molecule has 1 heterocycles. The van der Waals surface area contributed by atoms with Crippen LogP contribution in [-0.4, -0.2) is 29.1 Å². The lowest BCUT2D eigenvalue weighted by Crippen LogP contribution is -2.12. The van der Waals surface area contributed by atoms with Gasteiger partial charge in [0.05, 0.1) is 7.11 Å². The number of nitrogens with one attached hydrogen (secondary N) is 1. The molecule has 1 amide bonds. The molecule has 1 N–H and O–H groups in total. The third-order valence-electron chi connectivity index (χ3n) is 2.11. The van der Waals surface area contributed by atoms with E-state index in [1.807, 2.05) is 24.3 Å². The van der Waals surface area contributed by atoms with Crippen molar-refractivity contribution in [2.45, 2.75) is 0 Å². The highest BCUT2D eigenvalue weighted by molar-refractivity contribution is 7.18. The normalized spacial score (nSPS) is 10.1. The predicted octanol–water partition coefficient (Wildman–Crippen LogP) is 2.39. The lowest BCUT2D eigenvalue weighted by Gasteiger charge is -2.00. The number of benzene rings is 1. The summed E-state index contributed by atoms with van der Waals surface area (Å²) in [6, 6.07) is 7.47. The van der Waals surface area contributed by atoms with Gasteiger partial charge in [-0.25, -0.2) is 0 Å². The Labute approximate surface area is 113 Å². The second-order valence-corrected chi connectivity index (χ2v) is 4.57. The lowest BCUT2D eigenvalue weighted by atomic mass is 10.2. The molecule has 0 radical (unpaired) electrons. The molecule has 0 saturated heterocycles. The summed E-state index contributed by atoms with van der Waals surface area (Å²) in [5, 5.41) is 11.6. The molecule has 1 aromatic carbocycles. The van der Waals surface area contributed by atoms with Gasteiger partial charge in [-0.2, -0.15) is 0 Å². The second kappa shape index (κ2) is 5.79. The SMILES string of the molecule is COc1cccc(-c2nnc(NC(=O)CCl)s2)c1. The highest BCUT2D eigenvalue weighted by Crippen LogP contribution is 2.28. The number of hydrogen-bond acceptors (Lipinski definition) is 5. The van der Waals surface area contributed by atoms with Crippen molar-refractivity contribution in [2.24, 2.45) is 0 Å². The van der Waals surface area contributed by atoms with Crippen molar-refractivity contribution >= 4 is 34.0 Å². The number of amides is 1. The van der Waals surface area contributed by atoms with E-state index in [0.717, 1.165) is 11.3 Å². The maximum absolute atomic E-state index is 11.1. The summed E-state index contributed by atoms with van der Waals surface area (Å²) >= 11 is 6.67. The van der Waals surface area contributed by atoms with Gasteiger partial charge in [-0.05, 0) is 12.1 Å². The van der Waals surface area contributed by atoms with Crippen LogP contribution in [0.2, 0.25) is 0 Å². The van der Waals surface area contributed by atoms with Crippen LogP contribution in [0.4, 0.5) is 5.13 Å². The fourth-order valence-corrected chi connectivity index (χ4v) is 2.12. The molecule has 0 aliphatic heterocycles. The number of halogens is 1. The van der Waals surface area contributed by atoms with Crippen LogP contribution in [-0.2, 0) is 4.79 Å². The Morgan fingerprint density at radius 2 is 2.33 bits per heavy atom. The van der Waals surface area contributed by atoms with Crippen molar-refractivity contribution in [3.63, 3.8) is 0 Å². The van der Waals surface area contributed by atoms with Crippen LogP contribution in [0, 0.1) is 0 Å². The van der Waals surface area contributed by atoms with Crippen LogP contribution in [0.25, 0.3) is 10.6 Å². The zero-order valence-corrected chi connectivity index (χ0v) is 11.1. The van der Waals surface area contributed by atoms with Gasteiger partial charge in [-0.1, -0.05) is 23.5 Å². The number of hydrogen-bond donors (Lipinski definition) is 1. The van der Waals surface area contributed by atoms with Crippen molar-refractivity contribution in [3.05, 3.63) is 24.3 Å². The Morgan fingerprint density at radius 3 is 3.06 bits per heavy atom. The third kappa shape index (κ3) is 2.96. The largest absolute Gasteiger partial charge is 0.497 e. The zero-order valence-electron chi connectivity index (χ0n) is 9.51. The van der Waals surface area contributed by atoms with Gasteiger partial charge in [0.1, 0.15) is 16.6 Å². The molecule has 0 spiro atoms. The second-order valence-electron chi connectivity index (χ2n) is 3.33. The number of carbonyl (C=O) groups is 1. The molecule has 5 nitrogen and oxygen atoms in total. The molecule has 0 fully saturated rings. The van der Waals surface area contributed by atoms with Crippen LogP contribution < -0.4 is 10.1 Å². The van der Waals surface area contributed by atoms with Crippen LogP contribution in [0.15, 0.2) is 24.3 Å². The Morgan fingerprint density at radius 1 is 1.50 bits per heavy atom. The maximum atomic E-state index is 11.1. The van der Waals surface area contributed by atoms with Crippen LogP contribution in [0.3, 0.4) is 0 Å². The molecule has 0 saturated carbocycles. The van der Waals surface area contributed by atoms with E-state index in [-0.39, 0.29) is 11.8 Å². The van der Waals surface area contributed by atoms with E-state index in [1.165, 1.54) is 11.3 Å². The van der Waals surface area contributed by atoms with Crippen molar-refractivity contribution in [3.8, 4) is 16.3 Å². The number of ether oxygens (including phenoxy) is 1. The van der Waals surface area contributed by atoms with Crippen LogP contribution >= 0.6 is 22.9 Å². The molecule has 0 bridgehead atoms. The fraction of sp³-hybridized carbons (Fsp3) is 0.182. The first kappa shape index (κ1) is 12.8. The summed E-state index contributed by atoms with van der Waals surface area (Å²) in [6.07, 6.45) is 0. The third-order valence-corrected chi connectivity index (χ3v) is 3.24. The van der Waals surface area contributed by atoms with Crippen molar-refractivity contribution in [1.82, 2.24) is 10.2 Å². The predicted molar refractivity (Wildman–Crippen MR) is 71.2 cm³/mol. The van der Waals surface area contributed by atoms with Crippen molar-refractivity contribution in [1.29, 1.82) is 0 Å². The topological polar surface area (TPSA) is 64.1 Å². The molecular formula is C11H10ClN3O2S. The average molecular weight is 284 g/mol. The Kier molecular flexibility index (Phi) is 4.11. The lowest BCUT2D eigenvalue weighted by molar-refractivity contribution is -0.113. The number of alkyl halides is 1. The van der Waals surface area contributed by atoms with Gasteiger partial charge < -0.3 is 4.74 Å². The first-order valence-corrected chi connectivity index (χ1v) is 6.42. The van der Waals surface area contributed by atoms with Gasteiger partial charge in [0, 0.05) is 5.56 Å². The minimum absolute atomic E-state index is 0.103. The standard InChI is InChI=1S/C11H10ClN3O2S/c1-17-8-4-2-3-7(5-8)10-14-15-11(18-10)13-9(16)6-12/h2-5H,6H2,1H3,(H,13,15,16). The number of aromatic nitrogens is 2. The van der Waals surface area contributed by atoms with Crippen molar-refractivity contribution in [2.75, 3.05) is 18.3 Å². The molecule has 0 aliphatic carbocycles. The van der Waals surface area contributed by atoms with Gasteiger partial charge in [0.15, 0.2) is 0 Å². The summed E-state index contributed by atoms with van der Waals surface area (Å²) in [4.78, 5) is 11.1. The summed E-state index contributed by atoms with van der Waals surface area (Å²) in [5.74, 6) is 0.340. The molecular weight excluding hydrogens is 274 g/mol. The number of nitrogens with zero attached hydrogens (tertiary/aromatic N) is 2. The van der Waals surface area contributed by atoms with Gasteiger partial charge in [-0.15, -0.1) is 21.8 Å². The maximum Gasteiger partial charge on any atom is 0.241 e. The zero-order chi connectivity index (χ0) is 13.0. The Balaban J connectivity index is 2.20. The van der Waals surface area contributed by atoms with Gasteiger partial charge >= 0.3 is 0 Å². The van der Waals surface area contributed by atoms with Gasteiger partial charge in [-0.3, -0.25) is 10.1 Å². The Hall–Kier alpha value is -1.66. The number of methoxy groups -OCH3 is 1. The van der Waals surface area contributed by atoms with Crippen molar-refractivity contribution < 1.29 is 9.53 Å². The van der Waals surface area contributed by atoms with E-state index < -0.39 is 0 Å². The highest BCUT2D eigenvalue weighted by Gasteiger charge is 2.09. The monoisotopic (exact) mass is 283 g/mol. The molecule has 0 unspecified atom stereocenters. The molecule has 1 aromatic heterocycles. The number of carbonyl (C=O) groups excluding carboxylic acids is 1. The van der Waals surface area contributed by atoms with E-state index in [0.29, 0.717) is 10.1 Å². The first-order chi connectivity index (χ1) is 8.72. The molecule has 2 rings (SSSR count). The highest BCUT2D eigenvalue weighted by atomic mass is 35.5. The van der Waals surface area contributed by atoms with E-state index in [2.05, 4.69) is 15.5 Å². The summed E-state index contributed by atoms with van der Waals surface area (Å²) in [5.41, 5.74) is 0.887. The first-order valence-electron chi connectivity index (χ1n) is 5.06. The minimum atomic E-state index is -0.301. The van der Waals surface area contributed by atoms with E-state index in [9.17, 15) is 4.79 Å². The molecule has 2 aromatic rings. The average Bonchev–Trinajstić information content (AvgIpc) is 2.87. The minimum Gasteiger partial charge on any atom is -0.497 e. The number of rotatable bonds is 4. The van der Waals surface area contributed by atoms with Gasteiger partial charge in [0.2, 0.25) is 11.0 Å². The van der Waals surface area contributed by atoms with Crippen LogP contribution in [0.1, 0.15) is 0 Å². The Bertz CT molecular complexity index is 559.